The fourth-order valence-corrected chi connectivity index (χ4v) is 3.51. The van der Waals surface area contributed by atoms with Crippen molar-refractivity contribution in [1.82, 2.24) is 9.27 Å². The van der Waals surface area contributed by atoms with E-state index in [2.05, 4.69) is 14.6 Å². The molecule has 1 aromatic heterocycles. The molecular weight excluding hydrogens is 315 g/mol. The van der Waals surface area contributed by atoms with E-state index < -0.39 is 0 Å². The molecule has 7 heteroatoms. The van der Waals surface area contributed by atoms with Crippen LogP contribution in [0, 0.1) is 12.7 Å². The summed E-state index contributed by atoms with van der Waals surface area (Å²) in [6.07, 6.45) is 0. The van der Waals surface area contributed by atoms with E-state index in [0.717, 1.165) is 29.5 Å². The second-order valence-corrected chi connectivity index (χ2v) is 6.25. The molecular formula is C16H19FN4OS. The fourth-order valence-electron chi connectivity index (χ4n) is 2.77. The van der Waals surface area contributed by atoms with Gasteiger partial charge >= 0.3 is 0 Å². The molecule has 0 aliphatic carbocycles. The molecule has 1 aliphatic heterocycles. The molecule has 0 saturated carbocycles. The first-order chi connectivity index (χ1) is 11.1. The molecule has 0 bridgehead atoms. The lowest BCUT2D eigenvalue weighted by atomic mass is 10.2. The number of amides is 1. The maximum Gasteiger partial charge on any atom is 0.258 e. The highest BCUT2D eigenvalue weighted by Gasteiger charge is 2.26. The number of rotatable bonds is 3. The maximum absolute atomic E-state index is 13.0. The highest BCUT2D eigenvalue weighted by Crippen LogP contribution is 2.26. The van der Waals surface area contributed by atoms with Crippen LogP contribution in [0.2, 0.25) is 0 Å². The van der Waals surface area contributed by atoms with Crippen LogP contribution in [-0.2, 0) is 0 Å². The Hall–Kier alpha value is -2.15. The van der Waals surface area contributed by atoms with Gasteiger partial charge in [-0.3, -0.25) is 4.79 Å². The predicted molar refractivity (Wildman–Crippen MR) is 90.9 cm³/mol. The van der Waals surface area contributed by atoms with E-state index >= 15 is 0 Å². The third-order valence-electron chi connectivity index (χ3n) is 4.06. The summed E-state index contributed by atoms with van der Waals surface area (Å²) in [7, 11) is 1.80. The Morgan fingerprint density at radius 1 is 1.22 bits per heavy atom. The number of aryl methyl sites for hydroxylation is 1. The molecule has 2 aromatic rings. The van der Waals surface area contributed by atoms with Crippen molar-refractivity contribution >= 4 is 28.1 Å². The Bertz CT molecular complexity index is 693. The van der Waals surface area contributed by atoms with Crippen molar-refractivity contribution in [3.8, 4) is 0 Å². The van der Waals surface area contributed by atoms with Gasteiger partial charge in [0.1, 0.15) is 10.8 Å². The van der Waals surface area contributed by atoms with E-state index in [1.165, 1.54) is 23.7 Å². The lowest BCUT2D eigenvalue weighted by Crippen LogP contribution is -2.49. The van der Waals surface area contributed by atoms with Crippen LogP contribution in [0.3, 0.4) is 0 Å². The molecule has 3 rings (SSSR count). The lowest BCUT2D eigenvalue weighted by molar-refractivity contribution is 0.0747. The number of nitrogens with zero attached hydrogens (tertiary/aromatic N) is 3. The molecule has 0 unspecified atom stereocenters. The second-order valence-electron chi connectivity index (χ2n) is 5.48. The van der Waals surface area contributed by atoms with Gasteiger partial charge in [-0.05, 0) is 42.7 Å². The Balaban J connectivity index is 1.68. The van der Waals surface area contributed by atoms with Gasteiger partial charge in [0, 0.05) is 38.9 Å². The summed E-state index contributed by atoms with van der Waals surface area (Å²) in [6.45, 7) is 4.63. The van der Waals surface area contributed by atoms with Gasteiger partial charge in [0.2, 0.25) is 0 Å². The number of nitrogens with one attached hydrogen (secondary N) is 1. The van der Waals surface area contributed by atoms with Crippen LogP contribution in [0.4, 0.5) is 15.1 Å². The van der Waals surface area contributed by atoms with Crippen molar-refractivity contribution in [3.05, 3.63) is 41.3 Å². The topological polar surface area (TPSA) is 48.5 Å². The van der Waals surface area contributed by atoms with E-state index in [4.69, 9.17) is 0 Å². The molecule has 0 radical (unpaired) electrons. The number of hydrogen-bond acceptors (Lipinski definition) is 5. The van der Waals surface area contributed by atoms with Crippen LogP contribution in [0.15, 0.2) is 24.3 Å². The summed E-state index contributed by atoms with van der Waals surface area (Å²) in [5.41, 5.74) is 2.43. The standard InChI is InChI=1S/C16H19FN4OS/c1-11-14(15(18-2)23-19-11)16(22)21-9-7-20(8-10-21)13-5-3-12(17)4-6-13/h3-6,18H,7-10H2,1-2H3. The van der Waals surface area contributed by atoms with Gasteiger partial charge in [0.15, 0.2) is 0 Å². The van der Waals surface area contributed by atoms with Crippen LogP contribution in [-0.4, -0.2) is 48.4 Å². The molecule has 1 N–H and O–H groups in total. The first-order valence-electron chi connectivity index (χ1n) is 7.54. The average Bonchev–Trinajstić information content (AvgIpc) is 2.96. The summed E-state index contributed by atoms with van der Waals surface area (Å²) in [6, 6.07) is 6.48. The van der Waals surface area contributed by atoms with E-state index in [9.17, 15) is 9.18 Å². The summed E-state index contributed by atoms with van der Waals surface area (Å²) in [5, 5.41) is 3.85. The Morgan fingerprint density at radius 2 is 1.87 bits per heavy atom. The number of carbonyl (C=O) groups excluding carboxylic acids is 1. The van der Waals surface area contributed by atoms with Gasteiger partial charge < -0.3 is 15.1 Å². The maximum atomic E-state index is 13.0. The van der Waals surface area contributed by atoms with Gasteiger partial charge in [-0.25, -0.2) is 4.39 Å². The molecule has 1 saturated heterocycles. The molecule has 1 aliphatic rings. The number of benzene rings is 1. The highest BCUT2D eigenvalue weighted by molar-refractivity contribution is 7.10. The molecule has 1 aromatic carbocycles. The highest BCUT2D eigenvalue weighted by atomic mass is 32.1. The number of carbonyl (C=O) groups is 1. The molecule has 0 spiro atoms. The summed E-state index contributed by atoms with van der Waals surface area (Å²) in [4.78, 5) is 16.8. The Kier molecular flexibility index (Phi) is 4.47. The van der Waals surface area contributed by atoms with Gasteiger partial charge in [-0.1, -0.05) is 0 Å². The third-order valence-corrected chi connectivity index (χ3v) is 5.02. The van der Waals surface area contributed by atoms with Crippen molar-refractivity contribution in [2.24, 2.45) is 0 Å². The zero-order chi connectivity index (χ0) is 16.4. The summed E-state index contributed by atoms with van der Waals surface area (Å²) in [5.74, 6) is -0.207. The molecule has 2 heterocycles. The zero-order valence-corrected chi connectivity index (χ0v) is 14.0. The quantitative estimate of drug-likeness (QED) is 0.937. The van der Waals surface area contributed by atoms with Crippen molar-refractivity contribution in [3.63, 3.8) is 0 Å². The molecule has 5 nitrogen and oxygen atoms in total. The van der Waals surface area contributed by atoms with Crippen LogP contribution >= 0.6 is 11.5 Å². The Labute approximate surface area is 138 Å². The fraction of sp³-hybridized carbons (Fsp3) is 0.375. The smallest absolute Gasteiger partial charge is 0.258 e. The van der Waals surface area contributed by atoms with Crippen molar-refractivity contribution in [2.45, 2.75) is 6.92 Å². The van der Waals surface area contributed by atoms with Crippen molar-refractivity contribution in [1.29, 1.82) is 0 Å². The predicted octanol–water partition coefficient (Wildman–Crippen LogP) is 2.59. The first kappa shape index (κ1) is 15.7. The molecule has 23 heavy (non-hydrogen) atoms. The molecule has 122 valence electrons. The normalized spacial score (nSPS) is 14.9. The summed E-state index contributed by atoms with van der Waals surface area (Å²) >= 11 is 1.31. The number of hydrogen-bond donors (Lipinski definition) is 1. The van der Waals surface area contributed by atoms with Crippen LogP contribution in [0.1, 0.15) is 16.1 Å². The Morgan fingerprint density at radius 3 is 2.48 bits per heavy atom. The van der Waals surface area contributed by atoms with Crippen molar-refractivity contribution < 1.29 is 9.18 Å². The average molecular weight is 334 g/mol. The monoisotopic (exact) mass is 334 g/mol. The number of anilines is 2. The molecule has 0 atom stereocenters. The SMILES string of the molecule is CNc1snc(C)c1C(=O)N1CCN(c2ccc(F)cc2)CC1. The van der Waals surface area contributed by atoms with E-state index in [-0.39, 0.29) is 11.7 Å². The van der Waals surface area contributed by atoms with Gasteiger partial charge in [-0.15, -0.1) is 0 Å². The number of aromatic nitrogens is 1. The molecule has 1 amide bonds. The van der Waals surface area contributed by atoms with Crippen LogP contribution < -0.4 is 10.2 Å². The largest absolute Gasteiger partial charge is 0.378 e. The minimum absolute atomic E-state index is 0.0272. The third kappa shape index (κ3) is 3.14. The van der Waals surface area contributed by atoms with Crippen LogP contribution in [0.25, 0.3) is 0 Å². The lowest BCUT2D eigenvalue weighted by Gasteiger charge is -2.36. The molecule has 1 fully saturated rings. The van der Waals surface area contributed by atoms with E-state index in [1.807, 2.05) is 11.8 Å². The minimum atomic E-state index is -0.234. The summed E-state index contributed by atoms with van der Waals surface area (Å²) < 4.78 is 17.3. The van der Waals surface area contributed by atoms with Gasteiger partial charge in [0.05, 0.1) is 11.3 Å². The van der Waals surface area contributed by atoms with Crippen LogP contribution in [0.5, 0.6) is 0 Å². The van der Waals surface area contributed by atoms with E-state index in [0.29, 0.717) is 18.7 Å². The number of piperazine rings is 1. The van der Waals surface area contributed by atoms with Crippen molar-refractivity contribution in [2.75, 3.05) is 43.4 Å². The van der Waals surface area contributed by atoms with E-state index in [1.54, 1.807) is 19.2 Å². The second kappa shape index (κ2) is 6.54. The number of halogens is 1. The van der Waals surface area contributed by atoms with Gasteiger partial charge in [-0.2, -0.15) is 4.37 Å². The van der Waals surface area contributed by atoms with Gasteiger partial charge in [0.25, 0.3) is 5.91 Å². The zero-order valence-electron chi connectivity index (χ0n) is 13.2. The minimum Gasteiger partial charge on any atom is -0.378 e. The first-order valence-corrected chi connectivity index (χ1v) is 8.31.